The Balaban J connectivity index is 1.63. The minimum atomic E-state index is 0.0660. The minimum absolute atomic E-state index is 0.0660. The van der Waals surface area contributed by atoms with Crippen molar-refractivity contribution in [3.8, 4) is 11.5 Å². The zero-order valence-corrected chi connectivity index (χ0v) is 16.7. The second-order valence-corrected chi connectivity index (χ2v) is 7.18. The number of carbonyl (C=O) groups excluding carboxylic acids is 1. The molecule has 0 radical (unpaired) electrons. The van der Waals surface area contributed by atoms with Gasteiger partial charge in [-0.05, 0) is 48.2 Å². The van der Waals surface area contributed by atoms with E-state index in [4.69, 9.17) is 21.1 Å². The van der Waals surface area contributed by atoms with Crippen LogP contribution >= 0.6 is 23.4 Å². The Hall–Kier alpha value is -1.85. The highest BCUT2D eigenvalue weighted by Crippen LogP contribution is 2.27. The molecule has 1 N–H and O–H groups in total. The topological polar surface area (TPSA) is 47.6 Å². The van der Waals surface area contributed by atoms with Gasteiger partial charge in [-0.25, -0.2) is 0 Å². The van der Waals surface area contributed by atoms with Crippen molar-refractivity contribution < 1.29 is 14.3 Å². The highest BCUT2D eigenvalue weighted by molar-refractivity contribution is 7.99. The number of nitrogens with one attached hydrogen (secondary N) is 1. The van der Waals surface area contributed by atoms with Gasteiger partial charge in [-0.2, -0.15) is 0 Å². The average Bonchev–Trinajstić information content (AvgIpc) is 2.66. The lowest BCUT2D eigenvalue weighted by Crippen LogP contribution is -2.26. The van der Waals surface area contributed by atoms with Crippen molar-refractivity contribution in [2.45, 2.75) is 18.6 Å². The smallest absolute Gasteiger partial charge is 0.230 e. The molecule has 0 saturated heterocycles. The van der Waals surface area contributed by atoms with Crippen LogP contribution in [0, 0.1) is 0 Å². The fourth-order valence-corrected chi connectivity index (χ4v) is 3.39. The third-order valence-electron chi connectivity index (χ3n) is 3.83. The molecule has 0 saturated carbocycles. The van der Waals surface area contributed by atoms with Gasteiger partial charge >= 0.3 is 0 Å². The fraction of sp³-hybridized carbons (Fsp3) is 0.350. The van der Waals surface area contributed by atoms with Crippen molar-refractivity contribution in [1.29, 1.82) is 0 Å². The first-order valence-electron chi connectivity index (χ1n) is 8.42. The van der Waals surface area contributed by atoms with E-state index in [0.29, 0.717) is 12.3 Å². The molecule has 2 aromatic rings. The molecule has 2 rings (SSSR count). The van der Waals surface area contributed by atoms with E-state index in [1.165, 1.54) is 5.56 Å². The van der Waals surface area contributed by atoms with E-state index < -0.39 is 0 Å². The molecule has 0 fully saturated rings. The van der Waals surface area contributed by atoms with E-state index in [2.05, 4.69) is 5.32 Å². The predicted octanol–water partition coefficient (Wildman–Crippen LogP) is 4.34. The van der Waals surface area contributed by atoms with Crippen molar-refractivity contribution in [2.24, 2.45) is 0 Å². The Bertz CT molecular complexity index is 707. The first kappa shape index (κ1) is 20.5. The van der Waals surface area contributed by atoms with Gasteiger partial charge in [0.2, 0.25) is 5.91 Å². The Morgan fingerprint density at radius 3 is 2.42 bits per heavy atom. The van der Waals surface area contributed by atoms with Gasteiger partial charge in [0.05, 0.1) is 20.0 Å². The van der Waals surface area contributed by atoms with Gasteiger partial charge < -0.3 is 14.8 Å². The van der Waals surface area contributed by atoms with Crippen molar-refractivity contribution in [2.75, 3.05) is 26.5 Å². The molecule has 140 valence electrons. The van der Waals surface area contributed by atoms with Gasteiger partial charge in [-0.3, -0.25) is 4.79 Å². The monoisotopic (exact) mass is 393 g/mol. The van der Waals surface area contributed by atoms with E-state index in [1.807, 2.05) is 42.5 Å². The average molecular weight is 394 g/mol. The normalized spacial score (nSPS) is 10.4. The summed E-state index contributed by atoms with van der Waals surface area (Å²) in [4.78, 5) is 11.9. The third kappa shape index (κ3) is 6.81. The molecule has 0 heterocycles. The standard InChI is InChI=1S/C20H24ClNO3S/c1-24-18-10-7-15(12-19(18)25-2)4-3-11-22-20(23)14-26-13-16-5-8-17(21)9-6-16/h5-10,12H,3-4,11,13-14H2,1-2H3,(H,22,23). The molecule has 4 nitrogen and oxygen atoms in total. The highest BCUT2D eigenvalue weighted by Gasteiger charge is 2.05. The lowest BCUT2D eigenvalue weighted by atomic mass is 10.1. The summed E-state index contributed by atoms with van der Waals surface area (Å²) < 4.78 is 10.5. The Labute approximate surface area is 164 Å². The summed E-state index contributed by atoms with van der Waals surface area (Å²) in [5, 5.41) is 3.69. The minimum Gasteiger partial charge on any atom is -0.493 e. The van der Waals surface area contributed by atoms with Gasteiger partial charge in [0.1, 0.15) is 0 Å². The molecule has 1 amide bonds. The summed E-state index contributed by atoms with van der Waals surface area (Å²) in [7, 11) is 3.25. The SMILES string of the molecule is COc1ccc(CCCNC(=O)CSCc2ccc(Cl)cc2)cc1OC. The molecule has 0 bridgehead atoms. The fourth-order valence-electron chi connectivity index (χ4n) is 2.45. The van der Waals surface area contributed by atoms with Gasteiger partial charge in [0.15, 0.2) is 11.5 Å². The molecule has 6 heteroatoms. The van der Waals surface area contributed by atoms with Crippen molar-refractivity contribution >= 4 is 29.3 Å². The number of ether oxygens (including phenoxy) is 2. The number of amides is 1. The summed E-state index contributed by atoms with van der Waals surface area (Å²) in [6.07, 6.45) is 1.75. The van der Waals surface area contributed by atoms with E-state index in [1.54, 1.807) is 26.0 Å². The lowest BCUT2D eigenvalue weighted by molar-refractivity contribution is -0.118. The Morgan fingerprint density at radius 2 is 1.73 bits per heavy atom. The molecule has 0 spiro atoms. The number of benzene rings is 2. The summed E-state index contributed by atoms with van der Waals surface area (Å²) in [5.41, 5.74) is 2.33. The van der Waals surface area contributed by atoms with E-state index in [-0.39, 0.29) is 5.91 Å². The molecule has 0 aliphatic carbocycles. The van der Waals surface area contributed by atoms with E-state index in [0.717, 1.165) is 40.7 Å². The number of hydrogen-bond acceptors (Lipinski definition) is 4. The van der Waals surface area contributed by atoms with Crippen LogP contribution in [0.2, 0.25) is 5.02 Å². The molecule has 0 aliphatic rings. The number of halogens is 1. The molecule has 0 aliphatic heterocycles. The number of thioether (sulfide) groups is 1. The van der Waals surface area contributed by atoms with Crippen LogP contribution in [0.3, 0.4) is 0 Å². The zero-order valence-electron chi connectivity index (χ0n) is 15.1. The van der Waals surface area contributed by atoms with Crippen LogP contribution in [0.15, 0.2) is 42.5 Å². The van der Waals surface area contributed by atoms with Gasteiger partial charge in [-0.1, -0.05) is 29.8 Å². The summed E-state index contributed by atoms with van der Waals surface area (Å²) in [6.45, 7) is 0.661. The van der Waals surface area contributed by atoms with Crippen LogP contribution in [-0.2, 0) is 17.0 Å². The van der Waals surface area contributed by atoms with Gasteiger partial charge in [-0.15, -0.1) is 11.8 Å². The quantitative estimate of drug-likeness (QED) is 0.610. The number of methoxy groups -OCH3 is 2. The zero-order chi connectivity index (χ0) is 18.8. The van der Waals surface area contributed by atoms with Crippen LogP contribution in [0.5, 0.6) is 11.5 Å². The second-order valence-electron chi connectivity index (χ2n) is 5.76. The summed E-state index contributed by atoms with van der Waals surface area (Å²) in [6, 6.07) is 13.6. The number of carbonyl (C=O) groups is 1. The first-order valence-corrected chi connectivity index (χ1v) is 9.95. The maximum absolute atomic E-state index is 11.9. The van der Waals surface area contributed by atoms with Crippen LogP contribution < -0.4 is 14.8 Å². The number of hydrogen-bond donors (Lipinski definition) is 1. The Kier molecular flexibility index (Phi) is 8.65. The Morgan fingerprint density at radius 1 is 1.04 bits per heavy atom. The molecular weight excluding hydrogens is 370 g/mol. The number of aryl methyl sites for hydroxylation is 1. The molecule has 0 unspecified atom stereocenters. The molecule has 0 aromatic heterocycles. The van der Waals surface area contributed by atoms with Crippen LogP contribution in [0.1, 0.15) is 17.5 Å². The number of rotatable bonds is 10. The van der Waals surface area contributed by atoms with Crippen molar-refractivity contribution in [1.82, 2.24) is 5.32 Å². The third-order valence-corrected chi connectivity index (χ3v) is 5.08. The van der Waals surface area contributed by atoms with Gasteiger partial charge in [0, 0.05) is 17.3 Å². The van der Waals surface area contributed by atoms with E-state index in [9.17, 15) is 4.79 Å². The molecular formula is C20H24ClNO3S. The lowest BCUT2D eigenvalue weighted by Gasteiger charge is -2.10. The molecule has 0 atom stereocenters. The summed E-state index contributed by atoms with van der Waals surface area (Å²) in [5.74, 6) is 2.78. The molecule has 26 heavy (non-hydrogen) atoms. The van der Waals surface area contributed by atoms with Crippen LogP contribution in [-0.4, -0.2) is 32.4 Å². The molecule has 2 aromatic carbocycles. The first-order chi connectivity index (χ1) is 12.6. The second kappa shape index (κ2) is 11.0. The van der Waals surface area contributed by atoms with Crippen LogP contribution in [0.4, 0.5) is 0 Å². The predicted molar refractivity (Wildman–Crippen MR) is 108 cm³/mol. The van der Waals surface area contributed by atoms with Gasteiger partial charge in [0.25, 0.3) is 0 Å². The maximum atomic E-state index is 11.9. The van der Waals surface area contributed by atoms with E-state index >= 15 is 0 Å². The van der Waals surface area contributed by atoms with Crippen molar-refractivity contribution in [3.05, 3.63) is 58.6 Å². The van der Waals surface area contributed by atoms with Crippen molar-refractivity contribution in [3.63, 3.8) is 0 Å². The largest absolute Gasteiger partial charge is 0.493 e. The summed E-state index contributed by atoms with van der Waals surface area (Å²) >= 11 is 7.46. The van der Waals surface area contributed by atoms with Crippen LogP contribution in [0.25, 0.3) is 0 Å². The maximum Gasteiger partial charge on any atom is 0.230 e. The highest BCUT2D eigenvalue weighted by atomic mass is 35.5.